The number of aromatic nitrogens is 1. The number of rotatable bonds is 5. The maximum atomic E-state index is 12.4. The molecule has 9 heteroatoms. The van der Waals surface area contributed by atoms with E-state index in [1.54, 1.807) is 11.3 Å². The third-order valence-corrected chi connectivity index (χ3v) is 4.74. The van der Waals surface area contributed by atoms with Gasteiger partial charge in [0.15, 0.2) is 12.4 Å². The average Bonchev–Trinajstić information content (AvgIpc) is 3.02. The van der Waals surface area contributed by atoms with Crippen LogP contribution in [-0.4, -0.2) is 53.2 Å². The first-order valence-electron chi connectivity index (χ1n) is 8.64. The molecule has 0 aromatic carbocycles. The first kappa shape index (κ1) is 20.4. The van der Waals surface area contributed by atoms with E-state index in [0.29, 0.717) is 19.1 Å². The van der Waals surface area contributed by atoms with Gasteiger partial charge < -0.3 is 20.0 Å². The molecule has 0 unspecified atom stereocenters. The number of amidine groups is 1. The molecule has 2 heterocycles. The minimum absolute atomic E-state index is 0.176. The lowest BCUT2D eigenvalue weighted by Crippen LogP contribution is -2.55. The van der Waals surface area contributed by atoms with Crippen LogP contribution in [-0.2, 0) is 20.9 Å². The molecule has 1 aromatic heterocycles. The molecular weight excluding hydrogens is 356 g/mol. The SMILES string of the molecule is CC(C)c1nc(CON=C(N)[C@H]2COCCN2C(=O)OC(C)(C)C)cs1. The van der Waals surface area contributed by atoms with Crippen LogP contribution in [0, 0.1) is 0 Å². The van der Waals surface area contributed by atoms with E-state index in [4.69, 9.17) is 20.0 Å². The summed E-state index contributed by atoms with van der Waals surface area (Å²) in [5.74, 6) is 0.555. The highest BCUT2D eigenvalue weighted by Gasteiger charge is 2.33. The number of hydrogen-bond acceptors (Lipinski definition) is 7. The summed E-state index contributed by atoms with van der Waals surface area (Å²) in [6, 6.07) is -0.514. The molecule has 0 radical (unpaired) electrons. The number of thiazole rings is 1. The molecule has 26 heavy (non-hydrogen) atoms. The topological polar surface area (TPSA) is 99.3 Å². The van der Waals surface area contributed by atoms with Crippen LogP contribution in [0.15, 0.2) is 10.5 Å². The Hall–Kier alpha value is -1.87. The molecule has 2 N–H and O–H groups in total. The maximum Gasteiger partial charge on any atom is 0.411 e. The van der Waals surface area contributed by atoms with Crippen molar-refractivity contribution in [1.82, 2.24) is 9.88 Å². The van der Waals surface area contributed by atoms with E-state index in [2.05, 4.69) is 24.0 Å². The van der Waals surface area contributed by atoms with Gasteiger partial charge in [-0.1, -0.05) is 19.0 Å². The Kier molecular flexibility index (Phi) is 6.82. The number of hydrogen-bond donors (Lipinski definition) is 1. The molecule has 1 saturated heterocycles. The standard InChI is InChI=1S/C17H28N4O4S/c1-11(2)15-19-12(10-26-15)8-24-20-14(18)13-9-23-7-6-21(13)16(22)25-17(3,4)5/h10-11,13H,6-9H2,1-5H3,(H2,18,20)/t13-/m1/s1. The number of nitrogens with two attached hydrogens (primary N) is 1. The minimum atomic E-state index is -0.582. The van der Waals surface area contributed by atoms with Gasteiger partial charge in [0.05, 0.1) is 23.9 Å². The Balaban J connectivity index is 1.96. The fourth-order valence-corrected chi connectivity index (χ4v) is 3.10. The van der Waals surface area contributed by atoms with Gasteiger partial charge in [0, 0.05) is 17.8 Å². The van der Waals surface area contributed by atoms with Crippen molar-refractivity contribution in [1.29, 1.82) is 0 Å². The van der Waals surface area contributed by atoms with Gasteiger partial charge in [-0.25, -0.2) is 9.78 Å². The van der Waals surface area contributed by atoms with Crippen molar-refractivity contribution < 1.29 is 19.1 Å². The maximum absolute atomic E-state index is 12.4. The fourth-order valence-electron chi connectivity index (χ4n) is 2.28. The summed E-state index contributed by atoms with van der Waals surface area (Å²) in [6.45, 7) is 10.9. The van der Waals surface area contributed by atoms with E-state index in [1.165, 1.54) is 4.90 Å². The second kappa shape index (κ2) is 8.68. The quantitative estimate of drug-likeness (QED) is 0.476. The Morgan fingerprint density at radius 3 is 2.88 bits per heavy atom. The number of nitrogens with zero attached hydrogens (tertiary/aromatic N) is 3. The van der Waals surface area contributed by atoms with Gasteiger partial charge >= 0.3 is 6.09 Å². The van der Waals surface area contributed by atoms with Gasteiger partial charge in [-0.15, -0.1) is 11.3 Å². The van der Waals surface area contributed by atoms with E-state index in [1.807, 2.05) is 26.2 Å². The van der Waals surface area contributed by atoms with E-state index in [-0.39, 0.29) is 19.0 Å². The Labute approximate surface area is 158 Å². The third kappa shape index (κ3) is 5.84. The number of oxime groups is 1. The molecule has 1 atom stereocenters. The van der Waals surface area contributed by atoms with Crippen LogP contribution < -0.4 is 5.73 Å². The number of ether oxygens (including phenoxy) is 2. The first-order chi connectivity index (χ1) is 12.2. The highest BCUT2D eigenvalue weighted by atomic mass is 32.1. The van der Waals surface area contributed by atoms with E-state index in [0.717, 1.165) is 10.7 Å². The Bertz CT molecular complexity index is 639. The normalized spacial score (nSPS) is 18.9. The molecule has 0 saturated carbocycles. The van der Waals surface area contributed by atoms with Crippen molar-refractivity contribution in [3.63, 3.8) is 0 Å². The van der Waals surface area contributed by atoms with Crippen molar-refractivity contribution in [3.05, 3.63) is 16.1 Å². The first-order valence-corrected chi connectivity index (χ1v) is 9.52. The van der Waals surface area contributed by atoms with Gasteiger partial charge in [-0.2, -0.15) is 0 Å². The summed E-state index contributed by atoms with van der Waals surface area (Å²) in [6.07, 6.45) is -0.440. The summed E-state index contributed by atoms with van der Waals surface area (Å²) in [5.41, 5.74) is 6.26. The molecule has 0 spiro atoms. The molecule has 0 bridgehead atoms. The molecule has 1 fully saturated rings. The summed E-state index contributed by atoms with van der Waals surface area (Å²) in [7, 11) is 0. The molecule has 146 valence electrons. The van der Waals surface area contributed by atoms with Gasteiger partial charge in [-0.05, 0) is 20.8 Å². The van der Waals surface area contributed by atoms with Crippen LogP contribution in [0.1, 0.15) is 51.2 Å². The van der Waals surface area contributed by atoms with Crippen LogP contribution in [0.3, 0.4) is 0 Å². The second-order valence-electron chi connectivity index (χ2n) is 7.39. The highest BCUT2D eigenvalue weighted by molar-refractivity contribution is 7.09. The van der Waals surface area contributed by atoms with Crippen molar-refractivity contribution in [2.45, 2.75) is 58.8 Å². The second-order valence-corrected chi connectivity index (χ2v) is 8.28. The zero-order valence-electron chi connectivity index (χ0n) is 16.0. The van der Waals surface area contributed by atoms with Crippen LogP contribution in [0.25, 0.3) is 0 Å². The lowest BCUT2D eigenvalue weighted by molar-refractivity contribution is -0.0190. The predicted molar refractivity (Wildman–Crippen MR) is 100 cm³/mol. The van der Waals surface area contributed by atoms with Crippen LogP contribution in [0.2, 0.25) is 0 Å². The molecule has 1 amide bonds. The van der Waals surface area contributed by atoms with Crippen molar-refractivity contribution in [3.8, 4) is 0 Å². The molecule has 1 aromatic rings. The van der Waals surface area contributed by atoms with Crippen LogP contribution in [0.5, 0.6) is 0 Å². The van der Waals surface area contributed by atoms with Crippen molar-refractivity contribution in [2.24, 2.45) is 10.9 Å². The lowest BCUT2D eigenvalue weighted by atomic mass is 10.2. The largest absolute Gasteiger partial charge is 0.444 e. The molecule has 2 rings (SSSR count). The minimum Gasteiger partial charge on any atom is -0.444 e. The summed E-state index contributed by atoms with van der Waals surface area (Å²) in [4.78, 5) is 23.7. The third-order valence-electron chi connectivity index (χ3n) is 3.54. The number of carbonyl (C=O) groups is 1. The molecule has 8 nitrogen and oxygen atoms in total. The van der Waals surface area contributed by atoms with Gasteiger partial charge in [0.2, 0.25) is 0 Å². The fraction of sp³-hybridized carbons (Fsp3) is 0.706. The Morgan fingerprint density at radius 1 is 1.54 bits per heavy atom. The summed E-state index contributed by atoms with van der Waals surface area (Å²) >= 11 is 1.59. The molecular formula is C17H28N4O4S. The number of morpholine rings is 1. The van der Waals surface area contributed by atoms with Gasteiger partial charge in [0.25, 0.3) is 0 Å². The molecule has 0 aliphatic carbocycles. The highest BCUT2D eigenvalue weighted by Crippen LogP contribution is 2.19. The lowest BCUT2D eigenvalue weighted by Gasteiger charge is -2.35. The van der Waals surface area contributed by atoms with E-state index >= 15 is 0 Å². The van der Waals surface area contributed by atoms with Crippen LogP contribution in [0.4, 0.5) is 4.79 Å². The smallest absolute Gasteiger partial charge is 0.411 e. The van der Waals surface area contributed by atoms with Crippen molar-refractivity contribution >= 4 is 23.3 Å². The van der Waals surface area contributed by atoms with Gasteiger partial charge in [0.1, 0.15) is 11.6 Å². The van der Waals surface area contributed by atoms with E-state index in [9.17, 15) is 4.79 Å². The monoisotopic (exact) mass is 384 g/mol. The number of carbonyl (C=O) groups excluding carboxylic acids is 1. The summed E-state index contributed by atoms with van der Waals surface area (Å²) in [5, 5.41) is 6.95. The summed E-state index contributed by atoms with van der Waals surface area (Å²) < 4.78 is 10.9. The average molecular weight is 385 g/mol. The zero-order chi connectivity index (χ0) is 19.3. The number of amides is 1. The molecule has 1 aliphatic rings. The predicted octanol–water partition coefficient (Wildman–Crippen LogP) is 2.69. The van der Waals surface area contributed by atoms with Gasteiger partial charge in [-0.3, -0.25) is 4.90 Å². The zero-order valence-corrected chi connectivity index (χ0v) is 16.8. The van der Waals surface area contributed by atoms with Crippen LogP contribution >= 0.6 is 11.3 Å². The molecule has 1 aliphatic heterocycles. The van der Waals surface area contributed by atoms with E-state index < -0.39 is 17.7 Å². The Morgan fingerprint density at radius 2 is 2.27 bits per heavy atom. The van der Waals surface area contributed by atoms with Crippen molar-refractivity contribution in [2.75, 3.05) is 19.8 Å².